The number of allylic oxidation sites excluding steroid dienone is 4. The molecule has 0 bridgehead atoms. The van der Waals surface area contributed by atoms with Gasteiger partial charge in [0.2, 0.25) is 0 Å². The lowest BCUT2D eigenvalue weighted by atomic mass is 9.90. The van der Waals surface area contributed by atoms with E-state index in [1.807, 2.05) is 45.1 Å². The molecule has 0 aromatic heterocycles. The first kappa shape index (κ1) is 25.4. The van der Waals surface area contributed by atoms with E-state index in [2.05, 4.69) is 19.9 Å². The molecule has 2 aliphatic rings. The standard InChI is InChI=1S/C30H34O6/c1-17(2)7-6-11-30(5)12-10-19-13-20(14-24(33)29(19)36-30)25-16-23(32)27-26(35-25)15-22(31)21(28(27)34)9-8-18(3)4/h7-8,10,12-15,25,31,33-34H,6,9,11,16H2,1-5H3/t25-,30-/m0/s1. The first-order valence-corrected chi connectivity index (χ1v) is 12.3. The summed E-state index contributed by atoms with van der Waals surface area (Å²) in [4.78, 5) is 13.1. The topological polar surface area (TPSA) is 96.2 Å². The van der Waals surface area contributed by atoms with Crippen LogP contribution in [0.15, 0.2) is 47.6 Å². The van der Waals surface area contributed by atoms with Crippen molar-refractivity contribution < 1.29 is 29.6 Å². The lowest BCUT2D eigenvalue weighted by molar-refractivity contribution is 0.0843. The van der Waals surface area contributed by atoms with Crippen LogP contribution in [0.3, 0.4) is 0 Å². The van der Waals surface area contributed by atoms with Crippen LogP contribution in [0.1, 0.15) is 87.0 Å². The summed E-state index contributed by atoms with van der Waals surface area (Å²) in [6, 6.07) is 4.78. The molecule has 36 heavy (non-hydrogen) atoms. The fourth-order valence-corrected chi connectivity index (χ4v) is 4.59. The van der Waals surface area contributed by atoms with Crippen LogP contribution in [-0.2, 0) is 6.42 Å². The number of rotatable bonds is 6. The average Bonchev–Trinajstić information content (AvgIpc) is 2.78. The zero-order valence-electron chi connectivity index (χ0n) is 21.5. The van der Waals surface area contributed by atoms with Gasteiger partial charge in [-0.1, -0.05) is 29.4 Å². The number of ether oxygens (including phenoxy) is 2. The molecule has 0 unspecified atom stereocenters. The van der Waals surface area contributed by atoms with Gasteiger partial charge in [0.25, 0.3) is 0 Å². The van der Waals surface area contributed by atoms with Crippen LogP contribution >= 0.6 is 0 Å². The van der Waals surface area contributed by atoms with Gasteiger partial charge in [-0.05, 0) is 77.7 Å². The van der Waals surface area contributed by atoms with Crippen molar-refractivity contribution in [2.75, 3.05) is 0 Å². The molecule has 0 amide bonds. The molecule has 2 aromatic rings. The molecule has 2 atom stereocenters. The normalized spacial score (nSPS) is 20.0. The van der Waals surface area contributed by atoms with Gasteiger partial charge in [-0.2, -0.15) is 0 Å². The van der Waals surface area contributed by atoms with Crippen molar-refractivity contribution in [1.29, 1.82) is 0 Å². The van der Waals surface area contributed by atoms with E-state index in [9.17, 15) is 20.1 Å². The lowest BCUT2D eigenvalue weighted by Crippen LogP contribution is -2.31. The summed E-state index contributed by atoms with van der Waals surface area (Å²) in [5.41, 5.74) is 3.44. The molecule has 6 nitrogen and oxygen atoms in total. The Kier molecular flexibility index (Phi) is 6.90. The van der Waals surface area contributed by atoms with Gasteiger partial charge in [-0.15, -0.1) is 0 Å². The maximum atomic E-state index is 13.1. The van der Waals surface area contributed by atoms with Crippen LogP contribution < -0.4 is 9.47 Å². The Bertz CT molecular complexity index is 1290. The van der Waals surface area contributed by atoms with Crippen LogP contribution in [0, 0.1) is 0 Å². The molecule has 4 rings (SSSR count). The van der Waals surface area contributed by atoms with E-state index in [-0.39, 0.29) is 40.8 Å². The maximum Gasteiger partial charge on any atom is 0.174 e. The third-order valence-corrected chi connectivity index (χ3v) is 6.62. The van der Waals surface area contributed by atoms with Gasteiger partial charge >= 0.3 is 0 Å². The maximum absolute atomic E-state index is 13.1. The van der Waals surface area contributed by atoms with Gasteiger partial charge in [0, 0.05) is 17.2 Å². The highest BCUT2D eigenvalue weighted by atomic mass is 16.5. The molecular weight excluding hydrogens is 456 g/mol. The largest absolute Gasteiger partial charge is 0.507 e. The summed E-state index contributed by atoms with van der Waals surface area (Å²) in [6.07, 6.45) is 9.22. The van der Waals surface area contributed by atoms with Gasteiger partial charge in [0.05, 0.1) is 6.42 Å². The van der Waals surface area contributed by atoms with E-state index in [4.69, 9.17) is 9.47 Å². The fourth-order valence-electron chi connectivity index (χ4n) is 4.59. The van der Waals surface area contributed by atoms with Gasteiger partial charge in [0.1, 0.15) is 34.5 Å². The molecule has 6 heteroatoms. The molecule has 3 N–H and O–H groups in total. The fraction of sp³-hybridized carbons (Fsp3) is 0.367. The molecule has 2 heterocycles. The Hall–Kier alpha value is -3.67. The van der Waals surface area contributed by atoms with Crippen molar-refractivity contribution in [3.63, 3.8) is 0 Å². The highest BCUT2D eigenvalue weighted by Crippen LogP contribution is 2.47. The zero-order chi connectivity index (χ0) is 26.2. The number of phenols is 3. The second kappa shape index (κ2) is 9.76. The van der Waals surface area contributed by atoms with Crippen molar-refractivity contribution in [1.82, 2.24) is 0 Å². The molecule has 0 spiro atoms. The van der Waals surface area contributed by atoms with Crippen LogP contribution in [-0.4, -0.2) is 26.7 Å². The van der Waals surface area contributed by atoms with Crippen LogP contribution in [0.5, 0.6) is 28.7 Å². The Morgan fingerprint density at radius 1 is 1.06 bits per heavy atom. The number of phenolic OH excluding ortho intramolecular Hbond substituents is 3. The molecular formula is C30H34O6. The monoisotopic (exact) mass is 490 g/mol. The minimum absolute atomic E-state index is 0.00334. The van der Waals surface area contributed by atoms with Crippen molar-refractivity contribution in [3.05, 3.63) is 69.8 Å². The Morgan fingerprint density at radius 2 is 1.78 bits per heavy atom. The number of fused-ring (bicyclic) bond motifs is 2. The first-order valence-electron chi connectivity index (χ1n) is 12.3. The number of ketones is 1. The van der Waals surface area contributed by atoms with Crippen molar-refractivity contribution in [3.8, 4) is 28.7 Å². The summed E-state index contributed by atoms with van der Waals surface area (Å²) >= 11 is 0. The number of aromatic hydroxyl groups is 3. The third kappa shape index (κ3) is 5.13. The second-order valence-corrected chi connectivity index (χ2v) is 10.3. The minimum atomic E-state index is -0.678. The number of Topliss-reactive ketones (excluding diaryl/α,β-unsaturated/α-hetero) is 1. The molecule has 2 aliphatic heterocycles. The number of carbonyl (C=O) groups is 1. The van der Waals surface area contributed by atoms with E-state index < -0.39 is 11.7 Å². The molecule has 190 valence electrons. The summed E-state index contributed by atoms with van der Waals surface area (Å²) in [7, 11) is 0. The van der Waals surface area contributed by atoms with E-state index in [1.165, 1.54) is 11.6 Å². The molecule has 0 radical (unpaired) electrons. The van der Waals surface area contributed by atoms with Crippen LogP contribution in [0.25, 0.3) is 6.08 Å². The van der Waals surface area contributed by atoms with Gasteiger partial charge in [-0.3, -0.25) is 4.79 Å². The summed E-state index contributed by atoms with van der Waals surface area (Å²) in [5, 5.41) is 32.0. The van der Waals surface area contributed by atoms with E-state index >= 15 is 0 Å². The van der Waals surface area contributed by atoms with Gasteiger partial charge in [0.15, 0.2) is 17.3 Å². The summed E-state index contributed by atoms with van der Waals surface area (Å²) in [6.45, 7) is 9.95. The smallest absolute Gasteiger partial charge is 0.174 e. The second-order valence-electron chi connectivity index (χ2n) is 10.3. The summed E-state index contributed by atoms with van der Waals surface area (Å²) < 4.78 is 12.2. The Labute approximate surface area is 212 Å². The van der Waals surface area contributed by atoms with Gasteiger partial charge < -0.3 is 24.8 Å². The van der Waals surface area contributed by atoms with E-state index in [0.717, 1.165) is 18.4 Å². The van der Waals surface area contributed by atoms with Crippen LogP contribution in [0.4, 0.5) is 0 Å². The molecule has 2 aromatic carbocycles. The van der Waals surface area contributed by atoms with Gasteiger partial charge in [-0.25, -0.2) is 0 Å². The average molecular weight is 491 g/mol. The number of hydrogen-bond donors (Lipinski definition) is 3. The Balaban J connectivity index is 1.61. The minimum Gasteiger partial charge on any atom is -0.507 e. The first-order chi connectivity index (χ1) is 17.0. The summed E-state index contributed by atoms with van der Waals surface area (Å²) in [5.74, 6) is -0.152. The van der Waals surface area contributed by atoms with E-state index in [0.29, 0.717) is 28.9 Å². The molecule has 0 aliphatic carbocycles. The highest BCUT2D eigenvalue weighted by Gasteiger charge is 2.34. The highest BCUT2D eigenvalue weighted by molar-refractivity contribution is 6.03. The number of hydrogen-bond acceptors (Lipinski definition) is 6. The van der Waals surface area contributed by atoms with Crippen LogP contribution in [0.2, 0.25) is 0 Å². The molecule has 0 saturated carbocycles. The Morgan fingerprint density at radius 3 is 2.47 bits per heavy atom. The molecule has 0 fully saturated rings. The van der Waals surface area contributed by atoms with Crippen molar-refractivity contribution in [2.24, 2.45) is 0 Å². The lowest BCUT2D eigenvalue weighted by Gasteiger charge is -2.33. The SMILES string of the molecule is CC(C)=CCC[C@@]1(C)C=Cc2cc([C@@H]3CC(=O)c4c(cc(O)c(CC=C(C)C)c4O)O3)cc(O)c2O1. The van der Waals surface area contributed by atoms with E-state index in [1.54, 1.807) is 6.07 Å². The third-order valence-electron chi connectivity index (χ3n) is 6.62. The predicted molar refractivity (Wildman–Crippen MR) is 140 cm³/mol. The molecule has 0 saturated heterocycles. The quantitative estimate of drug-likeness (QED) is 0.380. The van der Waals surface area contributed by atoms with Crippen molar-refractivity contribution in [2.45, 2.75) is 72.0 Å². The van der Waals surface area contributed by atoms with Crippen molar-refractivity contribution >= 4 is 11.9 Å². The zero-order valence-corrected chi connectivity index (χ0v) is 21.5. The predicted octanol–water partition coefficient (Wildman–Crippen LogP) is 6.93. The number of benzene rings is 2. The number of carbonyl (C=O) groups excluding carboxylic acids is 1.